The third kappa shape index (κ3) is 5.29. The van der Waals surface area contributed by atoms with Crippen LogP contribution in [0.1, 0.15) is 29.9 Å². The molecule has 2 aromatic carbocycles. The molecule has 1 fully saturated rings. The molecule has 5 aromatic rings. The van der Waals surface area contributed by atoms with Gasteiger partial charge in [0.05, 0.1) is 22.6 Å². The van der Waals surface area contributed by atoms with E-state index in [1.165, 1.54) is 18.9 Å². The summed E-state index contributed by atoms with van der Waals surface area (Å²) < 4.78 is 20.3. The number of aromatic amines is 1. The molecule has 0 radical (unpaired) electrons. The molecule has 0 bridgehead atoms. The molecule has 1 aliphatic rings. The van der Waals surface area contributed by atoms with Crippen LogP contribution in [0.3, 0.4) is 0 Å². The summed E-state index contributed by atoms with van der Waals surface area (Å²) in [6.45, 7) is 5.47. The Balaban J connectivity index is 1.30. The summed E-state index contributed by atoms with van der Waals surface area (Å²) in [5.41, 5.74) is 6.29. The molecule has 0 unspecified atom stereocenters. The van der Waals surface area contributed by atoms with E-state index in [2.05, 4.69) is 20.9 Å². The predicted molar refractivity (Wildman–Crippen MR) is 148 cm³/mol. The Kier molecular flexibility index (Phi) is 6.84. The SMILES string of the molecule is Cc1cccc(-c2[nH]c(Cc3ccc(F)c(OCCN4CCCC4)c3)nc2-c2ccc3ncccc3c2)n1. The number of aryl methyl sites for hydroxylation is 1. The molecular weight excluding hydrogens is 477 g/mol. The number of H-pyrrole nitrogens is 1. The molecule has 0 amide bonds. The summed E-state index contributed by atoms with van der Waals surface area (Å²) >= 11 is 0. The number of hydrogen-bond acceptors (Lipinski definition) is 5. The van der Waals surface area contributed by atoms with E-state index in [0.29, 0.717) is 13.0 Å². The van der Waals surface area contributed by atoms with E-state index in [1.54, 1.807) is 18.3 Å². The minimum Gasteiger partial charge on any atom is -0.489 e. The van der Waals surface area contributed by atoms with Crippen molar-refractivity contribution in [1.82, 2.24) is 24.8 Å². The number of nitrogens with one attached hydrogen (secondary N) is 1. The van der Waals surface area contributed by atoms with Crippen LogP contribution in [-0.2, 0) is 6.42 Å². The second-order valence-electron chi connectivity index (χ2n) is 9.82. The van der Waals surface area contributed by atoms with Gasteiger partial charge in [-0.1, -0.05) is 24.3 Å². The lowest BCUT2D eigenvalue weighted by molar-refractivity contribution is 0.231. The van der Waals surface area contributed by atoms with Crippen molar-refractivity contribution >= 4 is 10.9 Å². The number of benzene rings is 2. The van der Waals surface area contributed by atoms with Gasteiger partial charge in [0, 0.05) is 35.8 Å². The van der Waals surface area contributed by atoms with Crippen molar-refractivity contribution in [1.29, 1.82) is 0 Å². The lowest BCUT2D eigenvalue weighted by Crippen LogP contribution is -2.25. The fourth-order valence-corrected chi connectivity index (χ4v) is 5.06. The van der Waals surface area contributed by atoms with Crippen molar-refractivity contribution in [3.05, 3.63) is 95.8 Å². The molecule has 192 valence electrons. The maximum atomic E-state index is 14.5. The maximum Gasteiger partial charge on any atom is 0.165 e. The van der Waals surface area contributed by atoms with Gasteiger partial charge >= 0.3 is 0 Å². The molecular formula is C31H30FN5O. The second-order valence-corrected chi connectivity index (χ2v) is 9.82. The largest absolute Gasteiger partial charge is 0.489 e. The lowest BCUT2D eigenvalue weighted by Gasteiger charge is -2.15. The molecule has 3 aromatic heterocycles. The highest BCUT2D eigenvalue weighted by Crippen LogP contribution is 2.32. The van der Waals surface area contributed by atoms with E-state index < -0.39 is 0 Å². The Morgan fingerprint density at radius 2 is 1.87 bits per heavy atom. The van der Waals surface area contributed by atoms with Crippen LogP contribution < -0.4 is 4.74 Å². The average Bonchev–Trinajstić information content (AvgIpc) is 3.60. The zero-order valence-corrected chi connectivity index (χ0v) is 21.5. The second kappa shape index (κ2) is 10.7. The summed E-state index contributed by atoms with van der Waals surface area (Å²) in [6.07, 6.45) is 4.76. The van der Waals surface area contributed by atoms with Gasteiger partial charge in [-0.05, 0) is 80.9 Å². The Morgan fingerprint density at radius 1 is 0.974 bits per heavy atom. The minimum atomic E-state index is -0.343. The van der Waals surface area contributed by atoms with Crippen molar-refractivity contribution in [3.8, 4) is 28.4 Å². The summed E-state index contributed by atoms with van der Waals surface area (Å²) in [6, 6.07) is 21.2. The molecule has 6 rings (SSSR count). The maximum absolute atomic E-state index is 14.5. The first-order valence-electron chi connectivity index (χ1n) is 13.1. The van der Waals surface area contributed by atoms with Gasteiger partial charge < -0.3 is 9.72 Å². The monoisotopic (exact) mass is 507 g/mol. The van der Waals surface area contributed by atoms with Gasteiger partial charge in [0.25, 0.3) is 0 Å². The van der Waals surface area contributed by atoms with E-state index in [9.17, 15) is 4.39 Å². The quantitative estimate of drug-likeness (QED) is 0.271. The number of likely N-dealkylation sites (tertiary alicyclic amines) is 1. The van der Waals surface area contributed by atoms with Crippen molar-refractivity contribution in [2.24, 2.45) is 0 Å². The van der Waals surface area contributed by atoms with E-state index in [-0.39, 0.29) is 11.6 Å². The van der Waals surface area contributed by atoms with Crippen LogP contribution in [0.4, 0.5) is 4.39 Å². The zero-order valence-electron chi connectivity index (χ0n) is 21.5. The minimum absolute atomic E-state index is 0.288. The predicted octanol–water partition coefficient (Wildman–Crippen LogP) is 6.20. The first-order chi connectivity index (χ1) is 18.6. The number of pyridine rings is 2. The highest BCUT2D eigenvalue weighted by molar-refractivity contribution is 5.86. The van der Waals surface area contributed by atoms with Crippen molar-refractivity contribution in [3.63, 3.8) is 0 Å². The molecule has 0 saturated carbocycles. The van der Waals surface area contributed by atoms with E-state index >= 15 is 0 Å². The average molecular weight is 508 g/mol. The zero-order chi connectivity index (χ0) is 25.9. The first kappa shape index (κ1) is 24.2. The van der Waals surface area contributed by atoms with Crippen LogP contribution in [-0.4, -0.2) is 51.1 Å². The van der Waals surface area contributed by atoms with Gasteiger partial charge in [-0.2, -0.15) is 0 Å². The van der Waals surface area contributed by atoms with E-state index in [4.69, 9.17) is 14.7 Å². The highest BCUT2D eigenvalue weighted by atomic mass is 19.1. The third-order valence-electron chi connectivity index (χ3n) is 7.00. The number of halogens is 1. The molecule has 1 saturated heterocycles. The Bertz CT molecular complexity index is 1570. The van der Waals surface area contributed by atoms with Gasteiger partial charge in [0.15, 0.2) is 11.6 Å². The van der Waals surface area contributed by atoms with Gasteiger partial charge in [0.1, 0.15) is 12.4 Å². The highest BCUT2D eigenvalue weighted by Gasteiger charge is 2.17. The molecule has 1 aliphatic heterocycles. The van der Waals surface area contributed by atoms with Crippen molar-refractivity contribution in [2.45, 2.75) is 26.2 Å². The summed E-state index contributed by atoms with van der Waals surface area (Å²) in [5, 5.41) is 1.05. The number of fused-ring (bicyclic) bond motifs is 1. The Labute approximate surface area is 221 Å². The Morgan fingerprint density at radius 3 is 2.74 bits per heavy atom. The van der Waals surface area contributed by atoms with Crippen molar-refractivity contribution in [2.75, 3.05) is 26.2 Å². The standard InChI is InChI=1S/C31H30FN5O/c1-21-6-4-8-27(34-21)31-30(24-10-12-26-23(20-24)7-5-13-33-26)35-29(36-31)19-22-9-11-25(32)28(18-22)38-17-16-37-14-2-3-15-37/h4-13,18,20H,2-3,14-17,19H2,1H3,(H,35,36). The molecule has 1 N–H and O–H groups in total. The van der Waals surface area contributed by atoms with E-state index in [0.717, 1.165) is 70.3 Å². The number of nitrogens with zero attached hydrogens (tertiary/aromatic N) is 4. The molecule has 0 spiro atoms. The number of imidazole rings is 1. The molecule has 4 heterocycles. The van der Waals surface area contributed by atoms with Crippen LogP contribution in [0.15, 0.2) is 72.9 Å². The van der Waals surface area contributed by atoms with Gasteiger partial charge in [-0.3, -0.25) is 14.9 Å². The molecule has 6 nitrogen and oxygen atoms in total. The summed E-state index contributed by atoms with van der Waals surface area (Å²) in [7, 11) is 0. The number of aromatic nitrogens is 4. The van der Waals surface area contributed by atoms with E-state index in [1.807, 2.05) is 49.4 Å². The molecule has 0 atom stereocenters. The first-order valence-corrected chi connectivity index (χ1v) is 13.1. The third-order valence-corrected chi connectivity index (χ3v) is 7.00. The van der Waals surface area contributed by atoms with Gasteiger partial charge in [0.2, 0.25) is 0 Å². The molecule has 7 heteroatoms. The van der Waals surface area contributed by atoms with Crippen LogP contribution in [0.2, 0.25) is 0 Å². The number of hydrogen-bond donors (Lipinski definition) is 1. The Hall–Kier alpha value is -4.10. The number of rotatable bonds is 8. The lowest BCUT2D eigenvalue weighted by atomic mass is 10.1. The fraction of sp³-hybridized carbons (Fsp3) is 0.258. The van der Waals surface area contributed by atoms with Crippen LogP contribution >= 0.6 is 0 Å². The smallest absolute Gasteiger partial charge is 0.165 e. The molecule has 0 aliphatic carbocycles. The number of ether oxygens (including phenoxy) is 1. The summed E-state index contributed by atoms with van der Waals surface area (Å²) in [4.78, 5) is 20.0. The topological polar surface area (TPSA) is 66.9 Å². The van der Waals surface area contributed by atoms with Crippen LogP contribution in [0.25, 0.3) is 33.5 Å². The normalized spacial score (nSPS) is 13.8. The van der Waals surface area contributed by atoms with Crippen LogP contribution in [0, 0.1) is 12.7 Å². The van der Waals surface area contributed by atoms with Gasteiger partial charge in [-0.25, -0.2) is 9.37 Å². The fourth-order valence-electron chi connectivity index (χ4n) is 5.06. The summed E-state index contributed by atoms with van der Waals surface area (Å²) in [5.74, 6) is 0.722. The van der Waals surface area contributed by atoms with Crippen molar-refractivity contribution < 1.29 is 9.13 Å². The molecule has 38 heavy (non-hydrogen) atoms. The van der Waals surface area contributed by atoms with Crippen LogP contribution in [0.5, 0.6) is 5.75 Å². The van der Waals surface area contributed by atoms with Gasteiger partial charge in [-0.15, -0.1) is 0 Å².